The quantitative estimate of drug-likeness (QED) is 0.408. The number of ether oxygens (including phenoxy) is 1. The third-order valence-corrected chi connectivity index (χ3v) is 5.36. The number of halogens is 2. The van der Waals surface area contributed by atoms with Crippen LogP contribution in [-0.2, 0) is 9.53 Å². The van der Waals surface area contributed by atoms with Crippen molar-refractivity contribution >= 4 is 34.4 Å². The number of nitrogens with zero attached hydrogens (tertiary/aromatic N) is 1. The maximum atomic E-state index is 14.2. The highest BCUT2D eigenvalue weighted by Crippen LogP contribution is 2.36. The third-order valence-electron chi connectivity index (χ3n) is 5.12. The van der Waals surface area contributed by atoms with Crippen LogP contribution in [0.1, 0.15) is 54.2 Å². The number of fused-ring (bicyclic) bond motifs is 1. The molecule has 0 unspecified atom stereocenters. The first kappa shape index (κ1) is 21.8. The molecule has 158 valence electrons. The van der Waals surface area contributed by atoms with Crippen LogP contribution in [0.3, 0.4) is 0 Å². The van der Waals surface area contributed by atoms with Crippen molar-refractivity contribution in [2.45, 2.75) is 39.5 Å². The van der Waals surface area contributed by atoms with E-state index in [-0.39, 0.29) is 5.52 Å². The van der Waals surface area contributed by atoms with Gasteiger partial charge in [0.2, 0.25) is 0 Å². The Morgan fingerprint density at radius 2 is 2.00 bits per heavy atom. The normalized spacial score (nSPS) is 12.2. The van der Waals surface area contributed by atoms with E-state index in [2.05, 4.69) is 0 Å². The molecular formula is C23H23ClFNO4. The molecule has 0 saturated heterocycles. The molecule has 0 amide bonds. The first-order valence-electron chi connectivity index (χ1n) is 9.76. The highest BCUT2D eigenvalue weighted by Gasteiger charge is 2.28. The van der Waals surface area contributed by atoms with Gasteiger partial charge in [-0.25, -0.2) is 4.39 Å². The van der Waals surface area contributed by atoms with Crippen LogP contribution in [0.5, 0.6) is 5.75 Å². The highest BCUT2D eigenvalue weighted by atomic mass is 35.5. The van der Waals surface area contributed by atoms with E-state index in [0.717, 1.165) is 18.9 Å². The van der Waals surface area contributed by atoms with Gasteiger partial charge in [0.05, 0.1) is 18.0 Å². The van der Waals surface area contributed by atoms with E-state index >= 15 is 0 Å². The summed E-state index contributed by atoms with van der Waals surface area (Å²) in [4.78, 5) is 25.8. The lowest BCUT2D eigenvalue weighted by Crippen LogP contribution is -2.17. The topological polar surface area (TPSA) is 68.5 Å². The Morgan fingerprint density at radius 1 is 1.27 bits per heavy atom. The molecular weight excluding hydrogens is 409 g/mol. The maximum absolute atomic E-state index is 14.2. The van der Waals surface area contributed by atoms with Crippen molar-refractivity contribution in [3.63, 3.8) is 0 Å². The molecule has 30 heavy (non-hydrogen) atoms. The Labute approximate surface area is 179 Å². The van der Waals surface area contributed by atoms with Crippen molar-refractivity contribution in [2.24, 2.45) is 0 Å². The molecule has 3 rings (SSSR count). The monoisotopic (exact) mass is 431 g/mol. The summed E-state index contributed by atoms with van der Waals surface area (Å²) < 4.78 is 20.9. The summed E-state index contributed by atoms with van der Waals surface area (Å²) in [5, 5.41) is 10.7. The molecule has 0 saturated carbocycles. The molecule has 0 aliphatic rings. The summed E-state index contributed by atoms with van der Waals surface area (Å²) in [6, 6.07) is 8.77. The summed E-state index contributed by atoms with van der Waals surface area (Å²) in [5.41, 5.74) is 1.56. The van der Waals surface area contributed by atoms with Crippen molar-refractivity contribution < 1.29 is 23.8 Å². The molecule has 0 aliphatic carbocycles. The zero-order valence-corrected chi connectivity index (χ0v) is 17.8. The van der Waals surface area contributed by atoms with Crippen LogP contribution in [0.25, 0.3) is 10.9 Å². The number of phenols is 1. The summed E-state index contributed by atoms with van der Waals surface area (Å²) >= 11 is 6.02. The number of aromatic nitrogens is 1. The van der Waals surface area contributed by atoms with Crippen molar-refractivity contribution in [1.29, 1.82) is 0 Å². The molecule has 1 atom stereocenters. The molecule has 0 spiro atoms. The highest BCUT2D eigenvalue weighted by molar-refractivity contribution is 6.31. The molecule has 0 fully saturated rings. The van der Waals surface area contributed by atoms with Gasteiger partial charge in [0.1, 0.15) is 0 Å². The Morgan fingerprint density at radius 3 is 2.67 bits per heavy atom. The second-order valence-corrected chi connectivity index (χ2v) is 7.65. The Hall–Kier alpha value is -2.86. The second kappa shape index (κ2) is 8.88. The first-order chi connectivity index (χ1) is 14.3. The van der Waals surface area contributed by atoms with Gasteiger partial charge in [-0.1, -0.05) is 31.0 Å². The maximum Gasteiger partial charge on any atom is 0.313 e. The van der Waals surface area contributed by atoms with Gasteiger partial charge in [-0.2, -0.15) is 0 Å². The van der Waals surface area contributed by atoms with Gasteiger partial charge in [0.25, 0.3) is 5.91 Å². The molecule has 3 aromatic rings. The molecule has 0 radical (unpaired) electrons. The zero-order chi connectivity index (χ0) is 22.0. The summed E-state index contributed by atoms with van der Waals surface area (Å²) in [5.74, 6) is -2.97. The number of benzene rings is 2. The van der Waals surface area contributed by atoms with Crippen molar-refractivity contribution in [3.8, 4) is 5.75 Å². The van der Waals surface area contributed by atoms with Crippen LogP contribution in [0, 0.1) is 12.7 Å². The molecule has 5 nitrogen and oxygen atoms in total. The summed E-state index contributed by atoms with van der Waals surface area (Å²) in [6.45, 7) is 5.65. The van der Waals surface area contributed by atoms with Gasteiger partial charge in [0, 0.05) is 27.7 Å². The average Bonchev–Trinajstić information content (AvgIpc) is 2.98. The van der Waals surface area contributed by atoms with Gasteiger partial charge >= 0.3 is 5.97 Å². The van der Waals surface area contributed by atoms with Crippen LogP contribution in [0.4, 0.5) is 4.39 Å². The number of unbranched alkanes of at least 4 members (excludes halogenated alkanes) is 1. The fraction of sp³-hybridized carbons (Fsp3) is 0.304. The third kappa shape index (κ3) is 4.05. The first-order valence-corrected chi connectivity index (χ1v) is 10.1. The zero-order valence-electron chi connectivity index (χ0n) is 17.0. The fourth-order valence-corrected chi connectivity index (χ4v) is 3.76. The van der Waals surface area contributed by atoms with Crippen molar-refractivity contribution in [2.75, 3.05) is 6.61 Å². The van der Waals surface area contributed by atoms with Crippen LogP contribution in [0.15, 0.2) is 36.4 Å². The minimum Gasteiger partial charge on any atom is -0.505 e. The SMILES string of the molecule is CCCCOC(=O)[C@H](C)c1c(C)n(C(=O)c2cccc(Cl)c2)c2cc(F)c(O)cc12. The van der Waals surface area contributed by atoms with E-state index in [0.29, 0.717) is 33.8 Å². The number of phenolic OH excluding ortho intramolecular Hbond substituents is 1. The second-order valence-electron chi connectivity index (χ2n) is 7.21. The number of carbonyl (C=O) groups excluding carboxylic acids is 2. The molecule has 0 bridgehead atoms. The average molecular weight is 432 g/mol. The summed E-state index contributed by atoms with van der Waals surface area (Å²) in [7, 11) is 0. The number of hydrogen-bond donors (Lipinski definition) is 1. The van der Waals surface area contributed by atoms with Gasteiger partial charge < -0.3 is 9.84 Å². The Bertz CT molecular complexity index is 1120. The predicted octanol–water partition coefficient (Wildman–Crippen LogP) is 5.58. The van der Waals surface area contributed by atoms with Crippen LogP contribution >= 0.6 is 11.6 Å². The van der Waals surface area contributed by atoms with Gasteiger partial charge in [0.15, 0.2) is 11.6 Å². The Balaban J connectivity index is 2.17. The summed E-state index contributed by atoms with van der Waals surface area (Å²) in [6.07, 6.45) is 1.64. The number of rotatable bonds is 6. The number of carbonyl (C=O) groups is 2. The Kier molecular flexibility index (Phi) is 6.46. The van der Waals surface area contributed by atoms with E-state index < -0.39 is 29.4 Å². The largest absolute Gasteiger partial charge is 0.505 e. The number of aromatic hydroxyl groups is 1. The molecule has 1 aromatic heterocycles. The molecule has 2 aromatic carbocycles. The molecule has 0 aliphatic heterocycles. The van der Waals surface area contributed by atoms with Gasteiger partial charge in [-0.3, -0.25) is 14.2 Å². The standard InChI is InChI=1S/C23H23ClFNO4/c1-4-5-9-30-23(29)13(2)21-14(3)26(19-12-18(25)20(27)11-17(19)21)22(28)15-7-6-8-16(24)10-15/h6-8,10-13,27H,4-5,9H2,1-3H3/t13-/m1/s1. The lowest BCUT2D eigenvalue weighted by Gasteiger charge is -2.13. The van der Waals surface area contributed by atoms with E-state index in [9.17, 15) is 19.1 Å². The van der Waals surface area contributed by atoms with Crippen molar-refractivity contribution in [3.05, 3.63) is 64.1 Å². The predicted molar refractivity (Wildman–Crippen MR) is 114 cm³/mol. The molecule has 7 heteroatoms. The van der Waals surface area contributed by atoms with E-state index in [1.54, 1.807) is 32.0 Å². The van der Waals surface area contributed by atoms with E-state index in [4.69, 9.17) is 16.3 Å². The lowest BCUT2D eigenvalue weighted by atomic mass is 9.98. The number of esters is 1. The van der Waals surface area contributed by atoms with Crippen LogP contribution in [-0.4, -0.2) is 28.2 Å². The smallest absolute Gasteiger partial charge is 0.313 e. The lowest BCUT2D eigenvalue weighted by molar-refractivity contribution is -0.145. The van der Waals surface area contributed by atoms with Gasteiger partial charge in [-0.15, -0.1) is 0 Å². The minimum absolute atomic E-state index is 0.260. The van der Waals surface area contributed by atoms with Crippen LogP contribution < -0.4 is 0 Å². The number of hydrogen-bond acceptors (Lipinski definition) is 4. The van der Waals surface area contributed by atoms with E-state index in [1.807, 2.05) is 6.92 Å². The van der Waals surface area contributed by atoms with Crippen molar-refractivity contribution in [1.82, 2.24) is 4.57 Å². The fourth-order valence-electron chi connectivity index (χ4n) is 3.57. The van der Waals surface area contributed by atoms with E-state index in [1.165, 1.54) is 16.7 Å². The molecule has 1 N–H and O–H groups in total. The van der Waals surface area contributed by atoms with Crippen LogP contribution in [0.2, 0.25) is 5.02 Å². The molecule has 1 heterocycles. The minimum atomic E-state index is -0.857. The van der Waals surface area contributed by atoms with Gasteiger partial charge in [-0.05, 0) is 50.1 Å².